The van der Waals surface area contributed by atoms with Gasteiger partial charge >= 0.3 is 182 Å². The number of ether oxygens (including phenoxy) is 2. The van der Waals surface area contributed by atoms with E-state index in [1.165, 1.54) is 20.3 Å². The molecule has 31 heavy (non-hydrogen) atoms. The van der Waals surface area contributed by atoms with Gasteiger partial charge in [0.1, 0.15) is 0 Å². The summed E-state index contributed by atoms with van der Waals surface area (Å²) < 4.78 is 79.9. The minimum absolute atomic E-state index is 0.202. The molecule has 6 nitrogen and oxygen atoms in total. The monoisotopic (exact) mass is 468 g/mol. The number of rotatable bonds is 8. The van der Waals surface area contributed by atoms with Gasteiger partial charge in [0.2, 0.25) is 0 Å². The van der Waals surface area contributed by atoms with Crippen molar-refractivity contribution >= 4 is 45.3 Å². The molecule has 0 amide bonds. The summed E-state index contributed by atoms with van der Waals surface area (Å²) >= 11 is 0.463. The molecule has 0 bridgehead atoms. The summed E-state index contributed by atoms with van der Waals surface area (Å²) in [5, 5.41) is -0.970. The van der Waals surface area contributed by atoms with Crippen LogP contribution in [0.1, 0.15) is 5.56 Å². The average molecular weight is 468 g/mol. The fourth-order valence-corrected chi connectivity index (χ4v) is 5.11. The molecule has 0 fully saturated rings. The summed E-state index contributed by atoms with van der Waals surface area (Å²) in [7, 11) is -1.78. The van der Waals surface area contributed by atoms with Crippen LogP contribution in [0.3, 0.4) is 0 Å². The van der Waals surface area contributed by atoms with Gasteiger partial charge in [-0.2, -0.15) is 0 Å². The van der Waals surface area contributed by atoms with Crippen LogP contribution in [0.2, 0.25) is 0 Å². The summed E-state index contributed by atoms with van der Waals surface area (Å²) in [5.74, 6) is -1.50. The molecule has 0 spiro atoms. The summed E-state index contributed by atoms with van der Waals surface area (Å²) in [5.41, 5.74) is 0.182. The molecule has 1 aromatic heterocycles. The number of hydrogen-bond acceptors (Lipinski definition) is 6. The number of methoxy groups -OCH3 is 2. The Labute approximate surface area is 181 Å². The van der Waals surface area contributed by atoms with E-state index in [0.29, 0.717) is 34.5 Å². The van der Waals surface area contributed by atoms with Gasteiger partial charge in [-0.1, -0.05) is 0 Å². The van der Waals surface area contributed by atoms with Crippen molar-refractivity contribution in [2.24, 2.45) is 0 Å². The second-order valence-corrected chi connectivity index (χ2v) is 8.93. The summed E-state index contributed by atoms with van der Waals surface area (Å²) in [4.78, 5) is 2.99. The zero-order chi connectivity index (χ0) is 22.8. The van der Waals surface area contributed by atoms with Gasteiger partial charge in [0, 0.05) is 0 Å². The first-order chi connectivity index (χ1) is 14.7. The van der Waals surface area contributed by atoms with E-state index in [1.54, 1.807) is 12.1 Å². The maximum absolute atomic E-state index is 14.5. The number of thiazole rings is 1. The van der Waals surface area contributed by atoms with Crippen LogP contribution in [0.25, 0.3) is 0 Å². The van der Waals surface area contributed by atoms with Crippen LogP contribution >= 0.6 is 11.3 Å². The molecule has 2 aromatic carbocycles. The van der Waals surface area contributed by atoms with Crippen molar-refractivity contribution in [1.29, 1.82) is 0 Å². The van der Waals surface area contributed by atoms with E-state index < -0.39 is 31.7 Å². The van der Waals surface area contributed by atoms with Crippen molar-refractivity contribution in [2.45, 2.75) is 11.4 Å². The van der Waals surface area contributed by atoms with Crippen molar-refractivity contribution in [3.05, 3.63) is 58.9 Å². The van der Waals surface area contributed by atoms with Crippen molar-refractivity contribution in [2.75, 3.05) is 18.5 Å². The van der Waals surface area contributed by atoms with Crippen LogP contribution in [-0.2, 0) is 16.6 Å². The molecule has 162 valence electrons. The van der Waals surface area contributed by atoms with Crippen LogP contribution in [0.4, 0.5) is 18.3 Å². The first-order valence-electron chi connectivity index (χ1n) is 8.67. The molecule has 0 saturated carbocycles. The van der Waals surface area contributed by atoms with E-state index in [1.807, 2.05) is 0 Å². The van der Waals surface area contributed by atoms with Gasteiger partial charge in [-0.25, -0.2) is 0 Å². The SMILES string of the molecule is C=Bc1cc(S(=O)(=O)N(Cc2ccc(OC)cc2OC)c2ncc(F)s2)c(F)cc1F. The van der Waals surface area contributed by atoms with Gasteiger partial charge < -0.3 is 0 Å². The fourth-order valence-electron chi connectivity index (χ4n) is 2.77. The number of sulfonamides is 1. The number of aromatic nitrogens is 1. The fraction of sp³-hybridized carbons (Fsp3) is 0.158. The number of nitrogens with zero attached hydrogens (tertiary/aromatic N) is 2. The van der Waals surface area contributed by atoms with Gasteiger partial charge in [-0.15, -0.1) is 0 Å². The minimum atomic E-state index is -4.62. The van der Waals surface area contributed by atoms with Crippen molar-refractivity contribution in [1.82, 2.24) is 4.98 Å². The first-order valence-corrected chi connectivity index (χ1v) is 10.9. The van der Waals surface area contributed by atoms with E-state index in [-0.39, 0.29) is 17.1 Å². The summed E-state index contributed by atoms with van der Waals surface area (Å²) in [6.45, 7) is 4.10. The van der Waals surface area contributed by atoms with E-state index in [2.05, 4.69) is 11.5 Å². The van der Waals surface area contributed by atoms with E-state index in [0.717, 1.165) is 23.5 Å². The molecule has 0 radical (unpaired) electrons. The average Bonchev–Trinajstić information content (AvgIpc) is 3.17. The van der Waals surface area contributed by atoms with Gasteiger partial charge in [0.05, 0.1) is 0 Å². The molecule has 0 atom stereocenters. The topological polar surface area (TPSA) is 68.7 Å². The molecule has 3 rings (SSSR count). The molecule has 12 heteroatoms. The zero-order valence-corrected chi connectivity index (χ0v) is 18.1. The predicted octanol–water partition coefficient (Wildman–Crippen LogP) is 2.73. The molecule has 1 heterocycles. The molecule has 0 saturated heterocycles. The predicted molar refractivity (Wildman–Crippen MR) is 114 cm³/mol. The third-order valence-electron chi connectivity index (χ3n) is 4.33. The quantitative estimate of drug-likeness (QED) is 0.476. The van der Waals surface area contributed by atoms with E-state index >= 15 is 0 Å². The van der Waals surface area contributed by atoms with Gasteiger partial charge in [0.15, 0.2) is 0 Å². The Hall–Kier alpha value is -2.86. The van der Waals surface area contributed by atoms with Crippen LogP contribution in [0.5, 0.6) is 11.5 Å². The second kappa shape index (κ2) is 9.10. The van der Waals surface area contributed by atoms with Crippen LogP contribution < -0.4 is 19.2 Å². The third-order valence-corrected chi connectivity index (χ3v) is 7.00. The van der Waals surface area contributed by atoms with Gasteiger partial charge in [-0.05, 0) is 0 Å². The molecular weight excluding hydrogens is 452 g/mol. The van der Waals surface area contributed by atoms with Gasteiger partial charge in [-0.3, -0.25) is 0 Å². The van der Waals surface area contributed by atoms with Crippen LogP contribution in [0, 0.1) is 16.8 Å². The van der Waals surface area contributed by atoms with Crippen molar-refractivity contribution in [3.63, 3.8) is 0 Å². The molecule has 0 unspecified atom stereocenters. The molecular formula is C19H16BF3N2O4S2. The standard InChI is InChI=1S/C19H16BF3N2O4S2/c1-20-13-7-17(15(22)8-14(13)21)31(26,27)25(19-24-9-18(23)30-19)10-11-4-5-12(28-2)6-16(11)29-3/h4-9H,1,10H2,2-3H3. The first kappa shape index (κ1) is 22.8. The molecule has 0 aliphatic heterocycles. The molecule has 0 N–H and O–H groups in total. The van der Waals surface area contributed by atoms with Crippen LogP contribution in [0.15, 0.2) is 41.4 Å². The summed E-state index contributed by atoms with van der Waals surface area (Å²) in [6.07, 6.45) is 0.851. The Kier molecular flexibility index (Phi) is 6.70. The molecule has 0 aliphatic rings. The second-order valence-electron chi connectivity index (χ2n) is 6.14. The Bertz CT molecular complexity index is 1230. The Morgan fingerprint density at radius 1 is 1.13 bits per heavy atom. The van der Waals surface area contributed by atoms with Gasteiger partial charge in [0.25, 0.3) is 0 Å². The normalized spacial score (nSPS) is 11.1. The number of benzene rings is 2. The number of anilines is 1. The third kappa shape index (κ3) is 4.59. The Morgan fingerprint density at radius 3 is 2.45 bits per heavy atom. The maximum atomic E-state index is 14.5. The van der Waals surface area contributed by atoms with E-state index in [9.17, 15) is 21.6 Å². The summed E-state index contributed by atoms with van der Waals surface area (Å²) in [6, 6.07) is 5.96. The Balaban J connectivity index is 2.16. The van der Waals surface area contributed by atoms with E-state index in [4.69, 9.17) is 9.47 Å². The van der Waals surface area contributed by atoms with Crippen molar-refractivity contribution < 1.29 is 31.1 Å². The zero-order valence-electron chi connectivity index (χ0n) is 16.4. The Morgan fingerprint density at radius 2 is 1.87 bits per heavy atom. The molecule has 0 aliphatic carbocycles. The van der Waals surface area contributed by atoms with Crippen LogP contribution in [-0.4, -0.2) is 41.0 Å². The number of hydrogen-bond donors (Lipinski definition) is 0. The van der Waals surface area contributed by atoms with Crippen molar-refractivity contribution in [3.8, 4) is 11.5 Å². The molecule has 3 aromatic rings. The number of halogens is 3.